The highest BCUT2D eigenvalue weighted by atomic mass is 32.2. The largest absolute Gasteiger partial charge is 0.216 e. The highest BCUT2D eigenvalue weighted by Crippen LogP contribution is 2.30. The average Bonchev–Trinajstić information content (AvgIpc) is 3.26. The van der Waals surface area contributed by atoms with Crippen LogP contribution in [0, 0.1) is 0 Å². The number of aromatic nitrogens is 2. The Morgan fingerprint density at radius 2 is 1.48 bits per heavy atom. The molecule has 4 rings (SSSR count). The molecule has 2 aromatic carbocycles. The third-order valence-electron chi connectivity index (χ3n) is 3.21. The smallest absolute Gasteiger partial charge is 0.195 e. The molecule has 0 bridgehead atoms. The number of benzene rings is 2. The van der Waals surface area contributed by atoms with E-state index in [4.69, 9.17) is 4.99 Å². The molecule has 0 unspecified atom stereocenters. The molecular weight excluding hydrogens is 344 g/mol. The molecule has 0 fully saturated rings. The van der Waals surface area contributed by atoms with Gasteiger partial charge in [0, 0.05) is 17.5 Å². The Morgan fingerprint density at radius 3 is 2.22 bits per heavy atom. The predicted molar refractivity (Wildman–Crippen MR) is 100 cm³/mol. The summed E-state index contributed by atoms with van der Waals surface area (Å²) in [7, 11) is 0. The van der Waals surface area contributed by atoms with Gasteiger partial charge in [-0.25, -0.2) is 4.99 Å². The summed E-state index contributed by atoms with van der Waals surface area (Å²) in [6.07, 6.45) is 0. The van der Waals surface area contributed by atoms with Gasteiger partial charge in [0.25, 0.3) is 0 Å². The molecule has 4 nitrogen and oxygen atoms in total. The first-order chi connectivity index (χ1) is 11.4. The summed E-state index contributed by atoms with van der Waals surface area (Å²) in [6, 6.07) is 20.2. The summed E-state index contributed by atoms with van der Waals surface area (Å²) in [5.41, 5.74) is 2.96. The monoisotopic (exact) mass is 354 g/mol. The van der Waals surface area contributed by atoms with Crippen molar-refractivity contribution in [2.75, 3.05) is 0 Å². The molecule has 0 N–H and O–H groups in total. The van der Waals surface area contributed by atoms with E-state index in [9.17, 15) is 0 Å². The van der Waals surface area contributed by atoms with E-state index in [1.807, 2.05) is 48.5 Å². The molecule has 0 saturated carbocycles. The zero-order valence-electron chi connectivity index (χ0n) is 11.8. The summed E-state index contributed by atoms with van der Waals surface area (Å²) in [6.45, 7) is 0. The molecule has 1 aliphatic rings. The van der Waals surface area contributed by atoms with Gasteiger partial charge in [0.15, 0.2) is 5.82 Å². The van der Waals surface area contributed by atoms with Gasteiger partial charge in [-0.2, -0.15) is 12.5 Å². The summed E-state index contributed by atoms with van der Waals surface area (Å²) in [5, 5.41) is 0.867. The summed E-state index contributed by atoms with van der Waals surface area (Å²) in [5.74, 6) is 0.648. The first kappa shape index (κ1) is 14.5. The Balaban J connectivity index is 1.73. The van der Waals surface area contributed by atoms with Crippen LogP contribution < -0.4 is 0 Å². The van der Waals surface area contributed by atoms with Crippen molar-refractivity contribution in [3.8, 4) is 11.3 Å². The number of aliphatic imine (C=N–C) groups is 1. The molecule has 1 aromatic heterocycles. The van der Waals surface area contributed by atoms with Crippen LogP contribution in [0.3, 0.4) is 0 Å². The molecule has 112 valence electrons. The van der Waals surface area contributed by atoms with Crippen LogP contribution in [0.5, 0.6) is 0 Å². The number of hydrogen-bond donors (Lipinski definition) is 0. The van der Waals surface area contributed by atoms with Crippen molar-refractivity contribution >= 4 is 50.5 Å². The van der Waals surface area contributed by atoms with Gasteiger partial charge in [-0.3, -0.25) is 0 Å². The average molecular weight is 354 g/mol. The summed E-state index contributed by atoms with van der Waals surface area (Å²) in [4.78, 5) is 5.77. The zero-order chi connectivity index (χ0) is 15.5. The van der Waals surface area contributed by atoms with Crippen LogP contribution in [0.15, 0.2) is 69.4 Å². The van der Waals surface area contributed by atoms with Crippen LogP contribution in [0.25, 0.3) is 11.3 Å². The predicted octanol–water partition coefficient (Wildman–Crippen LogP) is 4.38. The van der Waals surface area contributed by atoms with Crippen molar-refractivity contribution in [1.82, 2.24) is 8.75 Å². The van der Waals surface area contributed by atoms with Crippen LogP contribution in [0.4, 0.5) is 5.82 Å². The van der Waals surface area contributed by atoms with Gasteiger partial charge in [-0.15, -0.1) is 0 Å². The molecule has 0 amide bonds. The fraction of sp³-hybridized carbons (Fsp3) is 0. The van der Waals surface area contributed by atoms with Crippen molar-refractivity contribution in [3.05, 3.63) is 66.2 Å². The normalized spacial score (nSPS) is 15.5. The fourth-order valence-electron chi connectivity index (χ4n) is 2.14. The maximum absolute atomic E-state index is 4.72. The second kappa shape index (κ2) is 6.57. The Kier molecular flexibility index (Phi) is 4.14. The Labute approximate surface area is 145 Å². The molecule has 0 radical (unpaired) electrons. The first-order valence-corrected chi connectivity index (χ1v) is 9.13. The highest BCUT2D eigenvalue weighted by molar-refractivity contribution is 8.20. The van der Waals surface area contributed by atoms with Crippen molar-refractivity contribution in [3.63, 3.8) is 0 Å². The van der Waals surface area contributed by atoms with E-state index < -0.39 is 0 Å². The Bertz CT molecular complexity index is 926. The van der Waals surface area contributed by atoms with Gasteiger partial charge in [0.1, 0.15) is 10.7 Å². The lowest BCUT2D eigenvalue weighted by Crippen LogP contribution is -2.08. The van der Waals surface area contributed by atoms with Crippen molar-refractivity contribution in [2.45, 2.75) is 0 Å². The van der Waals surface area contributed by atoms with Gasteiger partial charge in [0.2, 0.25) is 0 Å². The minimum absolute atomic E-state index is 0.648. The number of rotatable bonds is 3. The van der Waals surface area contributed by atoms with Crippen LogP contribution >= 0.6 is 23.7 Å². The van der Waals surface area contributed by atoms with Gasteiger partial charge < -0.3 is 0 Å². The maximum atomic E-state index is 4.72. The lowest BCUT2D eigenvalue weighted by molar-refractivity contribution is 1.41. The molecule has 0 atom stereocenters. The first-order valence-electron chi connectivity index (χ1n) is 6.85. The molecular formula is C16H10N4S3. The quantitative estimate of drug-likeness (QED) is 0.518. The SMILES string of the molecule is c1ccc(C2=S=NSC2=Nc2nsnc2-c2ccccc2)cc1. The molecule has 0 spiro atoms. The molecule has 1 aliphatic heterocycles. The van der Waals surface area contributed by atoms with Crippen LogP contribution in [-0.4, -0.2) is 18.7 Å². The number of hydrogen-bond acceptors (Lipinski definition) is 6. The van der Waals surface area contributed by atoms with E-state index in [0.717, 1.165) is 26.7 Å². The second-order valence-electron chi connectivity index (χ2n) is 4.67. The fourth-order valence-corrected chi connectivity index (χ4v) is 4.30. The zero-order valence-corrected chi connectivity index (χ0v) is 14.2. The maximum Gasteiger partial charge on any atom is 0.195 e. The van der Waals surface area contributed by atoms with E-state index in [1.165, 1.54) is 34.8 Å². The minimum Gasteiger partial charge on any atom is -0.216 e. The van der Waals surface area contributed by atoms with E-state index in [-0.39, 0.29) is 0 Å². The Hall–Kier alpha value is -2.09. The van der Waals surface area contributed by atoms with Gasteiger partial charge in [-0.1, -0.05) is 60.7 Å². The molecule has 2 heterocycles. The van der Waals surface area contributed by atoms with E-state index >= 15 is 0 Å². The standard InChI is InChI=1S/C16H10N4S3/c1-3-7-11(8-4-1)13-15(19-23-18-13)17-16-14(21-20-22-16)12-9-5-2-6-10-12/h1-10H. The summed E-state index contributed by atoms with van der Waals surface area (Å²) < 4.78 is 13.1. The molecule has 3 aromatic rings. The molecule has 0 aliphatic carbocycles. The molecule has 23 heavy (non-hydrogen) atoms. The lowest BCUT2D eigenvalue weighted by Gasteiger charge is -2.02. The third-order valence-corrected chi connectivity index (χ3v) is 5.53. The van der Waals surface area contributed by atoms with Crippen LogP contribution in [-0.2, 0) is 11.1 Å². The highest BCUT2D eigenvalue weighted by Gasteiger charge is 2.18. The van der Waals surface area contributed by atoms with Crippen molar-refractivity contribution < 1.29 is 0 Å². The minimum atomic E-state index is 0.648. The van der Waals surface area contributed by atoms with E-state index in [1.54, 1.807) is 0 Å². The Morgan fingerprint density at radius 1 is 0.783 bits per heavy atom. The van der Waals surface area contributed by atoms with E-state index in [0.29, 0.717) is 5.82 Å². The molecule has 7 heteroatoms. The van der Waals surface area contributed by atoms with Crippen LogP contribution in [0.1, 0.15) is 5.56 Å². The van der Waals surface area contributed by atoms with Gasteiger partial charge in [-0.05, 0) is 16.7 Å². The topological polar surface area (TPSA) is 50.5 Å². The molecule has 0 saturated heterocycles. The van der Waals surface area contributed by atoms with Crippen molar-refractivity contribution in [2.24, 2.45) is 8.76 Å². The van der Waals surface area contributed by atoms with Gasteiger partial charge in [0.05, 0.1) is 16.6 Å². The third kappa shape index (κ3) is 3.03. The second-order valence-corrected chi connectivity index (χ2v) is 6.96. The lowest BCUT2D eigenvalue weighted by atomic mass is 10.1. The summed E-state index contributed by atoms with van der Waals surface area (Å²) >= 11 is 4.02. The number of nitrogens with zero attached hydrogens (tertiary/aromatic N) is 4. The van der Waals surface area contributed by atoms with Gasteiger partial charge >= 0.3 is 0 Å². The van der Waals surface area contributed by atoms with Crippen molar-refractivity contribution in [1.29, 1.82) is 0 Å². The van der Waals surface area contributed by atoms with E-state index in [2.05, 4.69) is 24.6 Å². The van der Waals surface area contributed by atoms with Crippen LogP contribution in [0.2, 0.25) is 0 Å².